The molecule has 1 aliphatic rings. The predicted octanol–water partition coefficient (Wildman–Crippen LogP) is 1.89. The second kappa shape index (κ2) is 6.13. The Bertz CT molecular complexity index is 924. The van der Waals surface area contributed by atoms with Gasteiger partial charge in [0.2, 0.25) is 5.91 Å². The zero-order valence-electron chi connectivity index (χ0n) is 12.9. The van der Waals surface area contributed by atoms with Crippen LogP contribution >= 0.6 is 11.3 Å². The lowest BCUT2D eigenvalue weighted by molar-refractivity contribution is -0.137. The molecule has 6 nitrogen and oxygen atoms in total. The number of fused-ring (bicyclic) bond motifs is 1. The highest BCUT2D eigenvalue weighted by Crippen LogP contribution is 2.35. The van der Waals surface area contributed by atoms with Gasteiger partial charge in [0.05, 0.1) is 39.2 Å². The van der Waals surface area contributed by atoms with Crippen molar-refractivity contribution in [2.45, 2.75) is 12.2 Å². The first-order chi connectivity index (χ1) is 11.6. The Morgan fingerprint density at radius 1 is 1.32 bits per heavy atom. The van der Waals surface area contributed by atoms with Crippen LogP contribution in [0.25, 0.3) is 10.2 Å². The lowest BCUT2D eigenvalue weighted by atomic mass is 10.0. The molecule has 2 atom stereocenters. The van der Waals surface area contributed by atoms with Gasteiger partial charge in [0.15, 0.2) is 15.0 Å². The normalized spacial score (nSPS) is 22.9. The molecule has 11 heteroatoms. The Balaban J connectivity index is 1.88. The van der Waals surface area contributed by atoms with Crippen LogP contribution in [0.15, 0.2) is 18.2 Å². The number of benzene rings is 1. The first kappa shape index (κ1) is 17.9. The quantitative estimate of drug-likeness (QED) is 0.832. The number of carbonyl (C=O) groups is 1. The summed E-state index contributed by atoms with van der Waals surface area (Å²) in [5.41, 5.74) is -0.636. The number of aromatic nitrogens is 1. The van der Waals surface area contributed by atoms with E-state index in [1.54, 1.807) is 0 Å². The van der Waals surface area contributed by atoms with Gasteiger partial charge >= 0.3 is 6.18 Å². The van der Waals surface area contributed by atoms with Crippen LogP contribution in [0.1, 0.15) is 5.56 Å². The number of anilines is 1. The second-order valence-corrected chi connectivity index (χ2v) is 8.93. The minimum atomic E-state index is -4.46. The molecule has 136 valence electrons. The summed E-state index contributed by atoms with van der Waals surface area (Å²) in [6.45, 7) is 0. The minimum absolute atomic E-state index is 0.166. The third-order valence-corrected chi connectivity index (χ3v) is 6.66. The van der Waals surface area contributed by atoms with Gasteiger partial charge in [-0.2, -0.15) is 13.2 Å². The van der Waals surface area contributed by atoms with E-state index < -0.39 is 39.4 Å². The SMILES string of the molecule is CNC(=O)[C@@H]1CS(=O)(=O)C[C@H]1Nc1nc2cc(C(F)(F)F)ccc2s1. The van der Waals surface area contributed by atoms with Crippen LogP contribution < -0.4 is 10.6 Å². The van der Waals surface area contributed by atoms with Gasteiger partial charge in [-0.25, -0.2) is 13.4 Å². The summed E-state index contributed by atoms with van der Waals surface area (Å²) in [4.78, 5) is 16.0. The van der Waals surface area contributed by atoms with Crippen molar-refractivity contribution in [3.05, 3.63) is 23.8 Å². The molecule has 0 unspecified atom stereocenters. The number of nitrogens with zero attached hydrogens (tertiary/aromatic N) is 1. The number of alkyl halides is 3. The third-order valence-electron chi connectivity index (χ3n) is 3.96. The van der Waals surface area contributed by atoms with E-state index in [4.69, 9.17) is 0 Å². The number of thiazole rings is 1. The summed E-state index contributed by atoms with van der Waals surface area (Å²) < 4.78 is 62.5. The van der Waals surface area contributed by atoms with Crippen LogP contribution in [0.5, 0.6) is 0 Å². The smallest absolute Gasteiger partial charge is 0.359 e. The first-order valence-corrected chi connectivity index (χ1v) is 9.89. The molecular formula is C14H14F3N3O3S2. The van der Waals surface area contributed by atoms with Gasteiger partial charge in [0.25, 0.3) is 0 Å². The summed E-state index contributed by atoms with van der Waals surface area (Å²) >= 11 is 1.11. The summed E-state index contributed by atoms with van der Waals surface area (Å²) in [6, 6.07) is 2.56. The van der Waals surface area contributed by atoms with Gasteiger partial charge in [-0.15, -0.1) is 0 Å². The Morgan fingerprint density at radius 3 is 2.68 bits per heavy atom. The average molecular weight is 393 g/mol. The molecule has 1 aliphatic heterocycles. The summed E-state index contributed by atoms with van der Waals surface area (Å²) in [5, 5.41) is 5.60. The minimum Gasteiger partial charge on any atom is -0.359 e. The molecule has 2 heterocycles. The summed E-state index contributed by atoms with van der Waals surface area (Å²) in [6.07, 6.45) is -4.46. The zero-order valence-corrected chi connectivity index (χ0v) is 14.6. The Morgan fingerprint density at radius 2 is 2.04 bits per heavy atom. The Hall–Kier alpha value is -1.88. The number of halogens is 3. The zero-order chi connectivity index (χ0) is 18.4. The van der Waals surface area contributed by atoms with E-state index in [0.29, 0.717) is 4.70 Å². The van der Waals surface area contributed by atoms with Crippen molar-refractivity contribution in [3.63, 3.8) is 0 Å². The number of rotatable bonds is 3. The molecule has 0 spiro atoms. The predicted molar refractivity (Wildman–Crippen MR) is 88.2 cm³/mol. The van der Waals surface area contributed by atoms with E-state index in [9.17, 15) is 26.4 Å². The molecule has 1 saturated heterocycles. The molecule has 0 saturated carbocycles. The van der Waals surface area contributed by atoms with Crippen LogP contribution in [0.4, 0.5) is 18.3 Å². The number of sulfone groups is 1. The number of amides is 1. The summed E-state index contributed by atoms with van der Waals surface area (Å²) in [5.74, 6) is -1.67. The molecule has 1 aromatic carbocycles. The van der Waals surface area contributed by atoms with Crippen LogP contribution in [0.2, 0.25) is 0 Å². The third kappa shape index (κ3) is 3.71. The van der Waals surface area contributed by atoms with Crippen molar-refractivity contribution in [2.75, 3.05) is 23.9 Å². The Labute approximate surface area is 145 Å². The largest absolute Gasteiger partial charge is 0.416 e. The molecular weight excluding hydrogens is 379 g/mol. The maximum absolute atomic E-state index is 12.8. The van der Waals surface area contributed by atoms with Gasteiger partial charge < -0.3 is 10.6 Å². The van der Waals surface area contributed by atoms with E-state index in [-0.39, 0.29) is 22.2 Å². The van der Waals surface area contributed by atoms with Crippen LogP contribution in [-0.4, -0.2) is 43.9 Å². The highest BCUT2D eigenvalue weighted by molar-refractivity contribution is 7.91. The van der Waals surface area contributed by atoms with Crippen molar-refractivity contribution in [1.29, 1.82) is 0 Å². The van der Waals surface area contributed by atoms with E-state index >= 15 is 0 Å². The molecule has 0 radical (unpaired) electrons. The highest BCUT2D eigenvalue weighted by Gasteiger charge is 2.42. The van der Waals surface area contributed by atoms with Crippen molar-refractivity contribution < 1.29 is 26.4 Å². The van der Waals surface area contributed by atoms with Gasteiger partial charge in [-0.05, 0) is 18.2 Å². The van der Waals surface area contributed by atoms with E-state index in [1.807, 2.05) is 0 Å². The van der Waals surface area contributed by atoms with Gasteiger partial charge in [-0.3, -0.25) is 4.79 Å². The van der Waals surface area contributed by atoms with Crippen LogP contribution in [0.3, 0.4) is 0 Å². The van der Waals surface area contributed by atoms with Gasteiger partial charge in [0, 0.05) is 7.05 Å². The molecule has 2 N–H and O–H groups in total. The molecule has 25 heavy (non-hydrogen) atoms. The number of hydrogen-bond acceptors (Lipinski definition) is 6. The van der Waals surface area contributed by atoms with Crippen LogP contribution in [0, 0.1) is 5.92 Å². The molecule has 3 rings (SSSR count). The van der Waals surface area contributed by atoms with Crippen molar-refractivity contribution in [1.82, 2.24) is 10.3 Å². The number of carbonyl (C=O) groups excluding carboxylic acids is 1. The molecule has 1 aromatic heterocycles. The number of nitrogens with one attached hydrogen (secondary N) is 2. The topological polar surface area (TPSA) is 88.2 Å². The fraction of sp³-hybridized carbons (Fsp3) is 0.429. The van der Waals surface area contributed by atoms with E-state index in [1.165, 1.54) is 13.1 Å². The Kier molecular flexibility index (Phi) is 4.40. The van der Waals surface area contributed by atoms with Crippen molar-refractivity contribution >= 4 is 42.4 Å². The van der Waals surface area contributed by atoms with Gasteiger partial charge in [0.1, 0.15) is 0 Å². The standard InChI is InChI=1S/C14H14F3N3O3S2/c1-18-12(21)8-5-25(22,23)6-10(8)20-13-19-9-4-7(14(15,16)17)2-3-11(9)24-13/h2-4,8,10H,5-6H2,1H3,(H,18,21)(H,19,20)/t8-,10-/m1/s1. The lowest BCUT2D eigenvalue weighted by Gasteiger charge is -2.17. The van der Waals surface area contributed by atoms with E-state index in [2.05, 4.69) is 15.6 Å². The number of hydrogen-bond donors (Lipinski definition) is 2. The van der Waals surface area contributed by atoms with E-state index in [0.717, 1.165) is 23.5 Å². The molecule has 2 aromatic rings. The maximum Gasteiger partial charge on any atom is 0.416 e. The molecule has 1 fully saturated rings. The summed E-state index contributed by atoms with van der Waals surface area (Å²) in [7, 11) is -1.95. The molecule has 0 aliphatic carbocycles. The fourth-order valence-electron chi connectivity index (χ4n) is 2.76. The van der Waals surface area contributed by atoms with Crippen molar-refractivity contribution in [3.8, 4) is 0 Å². The second-order valence-electron chi connectivity index (χ2n) is 5.75. The highest BCUT2D eigenvalue weighted by atomic mass is 32.2. The van der Waals surface area contributed by atoms with Gasteiger partial charge in [-0.1, -0.05) is 11.3 Å². The first-order valence-electron chi connectivity index (χ1n) is 7.25. The molecule has 0 bridgehead atoms. The monoisotopic (exact) mass is 393 g/mol. The van der Waals surface area contributed by atoms with Crippen molar-refractivity contribution in [2.24, 2.45) is 5.92 Å². The van der Waals surface area contributed by atoms with Crippen LogP contribution in [-0.2, 0) is 20.8 Å². The maximum atomic E-state index is 12.8. The fourth-order valence-corrected chi connectivity index (χ4v) is 5.60. The lowest BCUT2D eigenvalue weighted by Crippen LogP contribution is -2.38. The molecule has 1 amide bonds. The average Bonchev–Trinajstić information content (AvgIpc) is 3.04.